The first kappa shape index (κ1) is 14.2. The third kappa shape index (κ3) is 3.09. The van der Waals surface area contributed by atoms with E-state index in [9.17, 15) is 9.18 Å². The van der Waals surface area contributed by atoms with Gasteiger partial charge in [0, 0.05) is 17.6 Å². The van der Waals surface area contributed by atoms with E-state index in [1.807, 2.05) is 20.8 Å². The first-order chi connectivity index (χ1) is 8.27. The van der Waals surface area contributed by atoms with Gasteiger partial charge in [-0.05, 0) is 39.0 Å². The molecule has 0 saturated carbocycles. The first-order valence-corrected chi connectivity index (χ1v) is 5.75. The standard InChI is InChI=1S/C14H19FN2O/c1-5-8-17(14(2,3)4)13(18)10-6-7-12(16)11(15)9-10/h5-7,9H,1,8,16H2,2-4H3. The molecular formula is C14H19FN2O. The molecule has 1 aromatic carbocycles. The van der Waals surface area contributed by atoms with E-state index in [2.05, 4.69) is 6.58 Å². The molecule has 1 amide bonds. The summed E-state index contributed by atoms with van der Waals surface area (Å²) in [5, 5.41) is 0. The van der Waals surface area contributed by atoms with Crippen LogP contribution in [0.4, 0.5) is 10.1 Å². The van der Waals surface area contributed by atoms with Crippen LogP contribution in [0.5, 0.6) is 0 Å². The number of anilines is 1. The minimum atomic E-state index is -0.576. The van der Waals surface area contributed by atoms with Crippen LogP contribution in [-0.2, 0) is 0 Å². The molecule has 0 aliphatic rings. The number of halogens is 1. The number of hydrogen-bond acceptors (Lipinski definition) is 2. The molecule has 0 aliphatic heterocycles. The van der Waals surface area contributed by atoms with E-state index in [-0.39, 0.29) is 17.1 Å². The van der Waals surface area contributed by atoms with Crippen molar-refractivity contribution in [2.24, 2.45) is 0 Å². The van der Waals surface area contributed by atoms with E-state index in [4.69, 9.17) is 5.73 Å². The molecule has 18 heavy (non-hydrogen) atoms. The molecule has 0 atom stereocenters. The van der Waals surface area contributed by atoms with Crippen LogP contribution in [0.15, 0.2) is 30.9 Å². The van der Waals surface area contributed by atoms with Gasteiger partial charge in [0.15, 0.2) is 0 Å². The highest BCUT2D eigenvalue weighted by Gasteiger charge is 2.26. The van der Waals surface area contributed by atoms with Crippen molar-refractivity contribution in [3.05, 3.63) is 42.2 Å². The summed E-state index contributed by atoms with van der Waals surface area (Å²) in [6, 6.07) is 4.10. The Kier molecular flexibility index (Phi) is 4.11. The maximum atomic E-state index is 13.4. The molecule has 0 bridgehead atoms. The summed E-state index contributed by atoms with van der Waals surface area (Å²) >= 11 is 0. The lowest BCUT2D eigenvalue weighted by Crippen LogP contribution is -2.45. The molecule has 0 aliphatic carbocycles. The monoisotopic (exact) mass is 250 g/mol. The lowest BCUT2D eigenvalue weighted by molar-refractivity contribution is 0.0616. The third-order valence-electron chi connectivity index (χ3n) is 2.61. The fraction of sp³-hybridized carbons (Fsp3) is 0.357. The van der Waals surface area contributed by atoms with Gasteiger partial charge in [-0.25, -0.2) is 4.39 Å². The van der Waals surface area contributed by atoms with Crippen LogP contribution in [0.1, 0.15) is 31.1 Å². The van der Waals surface area contributed by atoms with Crippen LogP contribution >= 0.6 is 0 Å². The zero-order valence-electron chi connectivity index (χ0n) is 11.0. The number of hydrogen-bond donors (Lipinski definition) is 1. The zero-order valence-corrected chi connectivity index (χ0v) is 11.0. The van der Waals surface area contributed by atoms with Gasteiger partial charge in [0.2, 0.25) is 0 Å². The van der Waals surface area contributed by atoms with Crippen LogP contribution in [-0.4, -0.2) is 22.9 Å². The van der Waals surface area contributed by atoms with Crippen molar-refractivity contribution in [1.29, 1.82) is 0 Å². The highest BCUT2D eigenvalue weighted by molar-refractivity contribution is 5.95. The Morgan fingerprint density at radius 1 is 1.50 bits per heavy atom. The van der Waals surface area contributed by atoms with E-state index in [0.717, 1.165) is 0 Å². The molecule has 1 rings (SSSR count). The minimum absolute atomic E-state index is 0.0394. The normalized spacial score (nSPS) is 11.1. The molecular weight excluding hydrogens is 231 g/mol. The second-order valence-corrected chi connectivity index (χ2v) is 5.11. The van der Waals surface area contributed by atoms with Crippen molar-refractivity contribution in [2.45, 2.75) is 26.3 Å². The summed E-state index contributed by atoms with van der Waals surface area (Å²) in [7, 11) is 0. The number of carbonyl (C=O) groups is 1. The molecule has 98 valence electrons. The van der Waals surface area contributed by atoms with Gasteiger partial charge < -0.3 is 10.6 Å². The van der Waals surface area contributed by atoms with Crippen LogP contribution in [0.3, 0.4) is 0 Å². The van der Waals surface area contributed by atoms with Crippen molar-refractivity contribution in [3.8, 4) is 0 Å². The number of carbonyl (C=O) groups excluding carboxylic acids is 1. The number of nitrogens with two attached hydrogens (primary N) is 1. The average Bonchev–Trinajstić information content (AvgIpc) is 2.27. The summed E-state index contributed by atoms with van der Waals surface area (Å²) < 4.78 is 13.4. The van der Waals surface area contributed by atoms with Crippen LogP contribution in [0.2, 0.25) is 0 Å². The van der Waals surface area contributed by atoms with Gasteiger partial charge in [0.05, 0.1) is 5.69 Å². The molecule has 0 saturated heterocycles. The van der Waals surface area contributed by atoms with Gasteiger partial charge >= 0.3 is 0 Å². The summed E-state index contributed by atoms with van der Waals surface area (Å²) in [5.41, 5.74) is 5.37. The summed E-state index contributed by atoms with van der Waals surface area (Å²) in [6.07, 6.45) is 1.65. The quantitative estimate of drug-likeness (QED) is 0.662. The average molecular weight is 250 g/mol. The van der Waals surface area contributed by atoms with E-state index in [1.54, 1.807) is 11.0 Å². The van der Waals surface area contributed by atoms with Crippen molar-refractivity contribution in [2.75, 3.05) is 12.3 Å². The molecule has 0 unspecified atom stereocenters. The number of rotatable bonds is 3. The van der Waals surface area contributed by atoms with Gasteiger partial charge in [-0.2, -0.15) is 0 Å². The number of amides is 1. The number of benzene rings is 1. The Bertz CT molecular complexity index is 463. The molecule has 2 N–H and O–H groups in total. The Morgan fingerprint density at radius 2 is 2.11 bits per heavy atom. The zero-order chi connectivity index (χ0) is 13.9. The molecule has 3 nitrogen and oxygen atoms in total. The molecule has 1 aromatic rings. The Labute approximate surface area is 107 Å². The van der Waals surface area contributed by atoms with E-state index in [1.165, 1.54) is 18.2 Å². The summed E-state index contributed by atoms with van der Waals surface area (Å²) in [4.78, 5) is 13.9. The summed E-state index contributed by atoms with van der Waals surface area (Å²) in [5.74, 6) is -0.811. The van der Waals surface area contributed by atoms with Gasteiger partial charge in [-0.15, -0.1) is 6.58 Å². The largest absolute Gasteiger partial charge is 0.396 e. The van der Waals surface area contributed by atoms with Gasteiger partial charge in [-0.1, -0.05) is 6.08 Å². The van der Waals surface area contributed by atoms with Gasteiger partial charge in [0.25, 0.3) is 5.91 Å². The van der Waals surface area contributed by atoms with Crippen molar-refractivity contribution >= 4 is 11.6 Å². The van der Waals surface area contributed by atoms with E-state index >= 15 is 0 Å². The second-order valence-electron chi connectivity index (χ2n) is 5.11. The third-order valence-corrected chi connectivity index (χ3v) is 2.61. The van der Waals surface area contributed by atoms with Crippen molar-refractivity contribution in [1.82, 2.24) is 4.90 Å². The molecule has 4 heteroatoms. The maximum Gasteiger partial charge on any atom is 0.254 e. The van der Waals surface area contributed by atoms with Gasteiger partial charge in [0.1, 0.15) is 5.82 Å². The smallest absolute Gasteiger partial charge is 0.254 e. The number of nitrogens with zero attached hydrogens (tertiary/aromatic N) is 1. The van der Waals surface area contributed by atoms with Crippen molar-refractivity contribution < 1.29 is 9.18 Å². The highest BCUT2D eigenvalue weighted by Crippen LogP contribution is 2.19. The Morgan fingerprint density at radius 3 is 2.56 bits per heavy atom. The molecule has 0 heterocycles. The molecule has 0 fully saturated rings. The second kappa shape index (κ2) is 5.21. The minimum Gasteiger partial charge on any atom is -0.396 e. The first-order valence-electron chi connectivity index (χ1n) is 5.75. The number of nitrogen functional groups attached to an aromatic ring is 1. The fourth-order valence-corrected chi connectivity index (χ4v) is 1.61. The molecule has 0 aromatic heterocycles. The predicted molar refractivity (Wildman–Crippen MR) is 71.8 cm³/mol. The maximum absolute atomic E-state index is 13.4. The van der Waals surface area contributed by atoms with E-state index in [0.29, 0.717) is 12.1 Å². The Hall–Kier alpha value is -1.84. The van der Waals surface area contributed by atoms with Gasteiger partial charge in [-0.3, -0.25) is 4.79 Å². The predicted octanol–water partition coefficient (Wildman–Crippen LogP) is 2.83. The Balaban J connectivity index is 3.09. The van der Waals surface area contributed by atoms with E-state index < -0.39 is 5.82 Å². The highest BCUT2D eigenvalue weighted by atomic mass is 19.1. The van der Waals surface area contributed by atoms with Crippen LogP contribution in [0, 0.1) is 5.82 Å². The molecule has 0 radical (unpaired) electrons. The molecule has 0 spiro atoms. The fourth-order valence-electron chi connectivity index (χ4n) is 1.61. The van der Waals surface area contributed by atoms with Crippen LogP contribution in [0.25, 0.3) is 0 Å². The lowest BCUT2D eigenvalue weighted by Gasteiger charge is -2.35. The topological polar surface area (TPSA) is 46.3 Å². The van der Waals surface area contributed by atoms with Crippen molar-refractivity contribution in [3.63, 3.8) is 0 Å². The van der Waals surface area contributed by atoms with Crippen LogP contribution < -0.4 is 5.73 Å². The SMILES string of the molecule is C=CCN(C(=O)c1ccc(N)c(F)c1)C(C)(C)C. The summed E-state index contributed by atoms with van der Waals surface area (Å²) in [6.45, 7) is 9.80. The lowest BCUT2D eigenvalue weighted by atomic mass is 10.0.